The van der Waals surface area contributed by atoms with Crippen molar-refractivity contribution in [2.75, 3.05) is 20.6 Å². The Morgan fingerprint density at radius 3 is 2.52 bits per heavy atom. The van der Waals surface area contributed by atoms with E-state index in [0.29, 0.717) is 13.0 Å². The first-order valence-corrected chi connectivity index (χ1v) is 11.3. The second-order valence-electron chi connectivity index (χ2n) is 7.02. The maximum Gasteiger partial charge on any atom is 0.246 e. The number of hydrogen-bond acceptors (Lipinski definition) is 5. The van der Waals surface area contributed by atoms with Gasteiger partial charge in [-0.2, -0.15) is 0 Å². The lowest BCUT2D eigenvalue weighted by molar-refractivity contribution is -0.124. The van der Waals surface area contributed by atoms with Crippen LogP contribution >= 0.6 is 0 Å². The van der Waals surface area contributed by atoms with Crippen molar-refractivity contribution >= 4 is 22.0 Å². The first kappa shape index (κ1) is 22.5. The summed E-state index contributed by atoms with van der Waals surface area (Å²) in [5.41, 5.74) is 2.55. The SMILES string of the molecule is CNS(=O)(=O)c1ccc(/C=C/C(=O)N(C)CCCc2cc(-c3ccccc3)no2)cc1. The van der Waals surface area contributed by atoms with Crippen LogP contribution in [0.2, 0.25) is 0 Å². The van der Waals surface area contributed by atoms with Crippen molar-refractivity contribution < 1.29 is 17.7 Å². The predicted octanol–water partition coefficient (Wildman–Crippen LogP) is 3.35. The molecule has 1 aromatic heterocycles. The summed E-state index contributed by atoms with van der Waals surface area (Å²) < 4.78 is 31.1. The number of nitrogens with zero attached hydrogens (tertiary/aromatic N) is 2. The first-order valence-electron chi connectivity index (χ1n) is 9.87. The van der Waals surface area contributed by atoms with E-state index in [1.54, 1.807) is 30.2 Å². The lowest BCUT2D eigenvalue weighted by Gasteiger charge is -2.14. The fourth-order valence-electron chi connectivity index (χ4n) is 2.95. The number of nitrogens with one attached hydrogen (secondary N) is 1. The highest BCUT2D eigenvalue weighted by Gasteiger charge is 2.11. The van der Waals surface area contributed by atoms with E-state index in [-0.39, 0.29) is 10.8 Å². The third-order valence-corrected chi connectivity index (χ3v) is 6.23. The van der Waals surface area contributed by atoms with Crippen molar-refractivity contribution in [3.05, 3.63) is 78.1 Å². The van der Waals surface area contributed by atoms with Crippen LogP contribution in [0.5, 0.6) is 0 Å². The Morgan fingerprint density at radius 2 is 1.84 bits per heavy atom. The second kappa shape index (κ2) is 10.2. The molecule has 0 bridgehead atoms. The van der Waals surface area contributed by atoms with Crippen molar-refractivity contribution in [1.29, 1.82) is 0 Å². The number of aryl methyl sites for hydroxylation is 1. The Bertz CT molecular complexity index is 1140. The van der Waals surface area contributed by atoms with Gasteiger partial charge < -0.3 is 9.42 Å². The monoisotopic (exact) mass is 439 g/mol. The molecule has 0 saturated carbocycles. The van der Waals surface area contributed by atoms with E-state index in [0.717, 1.165) is 29.0 Å². The molecular weight excluding hydrogens is 414 g/mol. The fourth-order valence-corrected chi connectivity index (χ4v) is 3.68. The molecule has 0 spiro atoms. The summed E-state index contributed by atoms with van der Waals surface area (Å²) in [6.07, 6.45) is 4.57. The fraction of sp³-hybridized carbons (Fsp3) is 0.217. The normalized spacial score (nSPS) is 11.7. The van der Waals surface area contributed by atoms with Gasteiger partial charge in [0.25, 0.3) is 0 Å². The second-order valence-corrected chi connectivity index (χ2v) is 8.90. The first-order chi connectivity index (χ1) is 14.9. The zero-order valence-electron chi connectivity index (χ0n) is 17.5. The van der Waals surface area contributed by atoms with E-state index in [4.69, 9.17) is 4.52 Å². The molecule has 0 aliphatic heterocycles. The number of aromatic nitrogens is 1. The average Bonchev–Trinajstić information content (AvgIpc) is 3.27. The zero-order valence-corrected chi connectivity index (χ0v) is 18.3. The van der Waals surface area contributed by atoms with Crippen LogP contribution in [0.15, 0.2) is 76.2 Å². The zero-order chi connectivity index (χ0) is 22.3. The Labute approximate surface area is 182 Å². The number of benzene rings is 2. The van der Waals surface area contributed by atoms with Crippen molar-refractivity contribution in [2.24, 2.45) is 0 Å². The molecule has 2 aromatic carbocycles. The Kier molecular flexibility index (Phi) is 7.38. The quantitative estimate of drug-likeness (QED) is 0.516. The summed E-state index contributed by atoms with van der Waals surface area (Å²) in [4.78, 5) is 14.1. The van der Waals surface area contributed by atoms with E-state index < -0.39 is 10.0 Å². The highest BCUT2D eigenvalue weighted by Crippen LogP contribution is 2.19. The number of hydrogen-bond donors (Lipinski definition) is 1. The van der Waals surface area contributed by atoms with Gasteiger partial charge in [0.15, 0.2) is 0 Å². The molecule has 3 rings (SSSR count). The van der Waals surface area contributed by atoms with Gasteiger partial charge in [-0.15, -0.1) is 0 Å². The van der Waals surface area contributed by atoms with E-state index >= 15 is 0 Å². The van der Waals surface area contributed by atoms with Crippen molar-refractivity contribution in [1.82, 2.24) is 14.8 Å². The van der Waals surface area contributed by atoms with Crippen LogP contribution in [-0.4, -0.2) is 45.0 Å². The van der Waals surface area contributed by atoms with Crippen molar-refractivity contribution in [3.63, 3.8) is 0 Å². The van der Waals surface area contributed by atoms with E-state index in [9.17, 15) is 13.2 Å². The highest BCUT2D eigenvalue weighted by molar-refractivity contribution is 7.89. The molecule has 1 amide bonds. The molecule has 0 atom stereocenters. The van der Waals surface area contributed by atoms with E-state index in [2.05, 4.69) is 9.88 Å². The largest absolute Gasteiger partial charge is 0.361 e. The standard InChI is InChI=1S/C23H25N3O4S/c1-24-31(28,29)21-13-10-18(11-14-21)12-15-23(27)26(2)16-6-9-20-17-22(25-30-20)19-7-4-3-5-8-19/h3-5,7-8,10-15,17,24H,6,9,16H2,1-2H3/b15-12+. The number of carbonyl (C=O) groups is 1. The highest BCUT2D eigenvalue weighted by atomic mass is 32.2. The van der Waals surface area contributed by atoms with Crippen LogP contribution in [0, 0.1) is 0 Å². The lowest BCUT2D eigenvalue weighted by atomic mass is 10.1. The Morgan fingerprint density at radius 1 is 1.13 bits per heavy atom. The van der Waals surface area contributed by atoms with Gasteiger partial charge in [0.1, 0.15) is 11.5 Å². The lowest BCUT2D eigenvalue weighted by Crippen LogP contribution is -2.26. The van der Waals surface area contributed by atoms with Crippen LogP contribution in [0.1, 0.15) is 17.7 Å². The molecule has 0 aliphatic rings. The molecule has 3 aromatic rings. The summed E-state index contributed by atoms with van der Waals surface area (Å²) in [6, 6.07) is 18.1. The number of amides is 1. The number of sulfonamides is 1. The van der Waals surface area contributed by atoms with Crippen LogP contribution < -0.4 is 4.72 Å². The minimum absolute atomic E-state index is 0.130. The van der Waals surface area contributed by atoms with E-state index in [1.165, 1.54) is 25.3 Å². The number of carbonyl (C=O) groups excluding carboxylic acids is 1. The molecule has 0 saturated heterocycles. The minimum Gasteiger partial charge on any atom is -0.361 e. The number of rotatable bonds is 9. The van der Waals surface area contributed by atoms with Gasteiger partial charge in [0, 0.05) is 37.7 Å². The molecule has 1 heterocycles. The molecule has 1 N–H and O–H groups in total. The van der Waals surface area contributed by atoms with Crippen LogP contribution in [0.3, 0.4) is 0 Å². The Hall–Kier alpha value is -3.23. The van der Waals surface area contributed by atoms with Crippen molar-refractivity contribution in [3.8, 4) is 11.3 Å². The molecule has 0 aliphatic carbocycles. The summed E-state index contributed by atoms with van der Waals surface area (Å²) in [5, 5.41) is 4.10. The molecule has 0 fully saturated rings. The average molecular weight is 440 g/mol. The van der Waals surface area contributed by atoms with Gasteiger partial charge in [-0.1, -0.05) is 47.6 Å². The van der Waals surface area contributed by atoms with Crippen LogP contribution in [0.25, 0.3) is 17.3 Å². The summed E-state index contributed by atoms with van der Waals surface area (Å²) in [5.74, 6) is 0.654. The van der Waals surface area contributed by atoms with E-state index in [1.807, 2.05) is 36.4 Å². The number of likely N-dealkylation sites (N-methyl/N-ethyl adjacent to an activating group) is 1. The van der Waals surface area contributed by atoms with Gasteiger partial charge in [-0.25, -0.2) is 13.1 Å². The maximum atomic E-state index is 12.3. The maximum absolute atomic E-state index is 12.3. The molecular formula is C23H25N3O4S. The third kappa shape index (κ3) is 6.13. The van der Waals surface area contributed by atoms with Gasteiger partial charge >= 0.3 is 0 Å². The third-order valence-electron chi connectivity index (χ3n) is 4.80. The van der Waals surface area contributed by atoms with Gasteiger partial charge in [-0.3, -0.25) is 4.79 Å². The predicted molar refractivity (Wildman–Crippen MR) is 120 cm³/mol. The molecule has 0 radical (unpaired) electrons. The molecule has 162 valence electrons. The molecule has 7 nitrogen and oxygen atoms in total. The van der Waals surface area contributed by atoms with Gasteiger partial charge in [0.2, 0.25) is 15.9 Å². The van der Waals surface area contributed by atoms with Gasteiger partial charge in [0.05, 0.1) is 4.90 Å². The minimum atomic E-state index is -3.47. The topological polar surface area (TPSA) is 92.5 Å². The van der Waals surface area contributed by atoms with Crippen LogP contribution in [0.4, 0.5) is 0 Å². The Balaban J connectivity index is 1.48. The molecule has 0 unspecified atom stereocenters. The van der Waals surface area contributed by atoms with Crippen molar-refractivity contribution in [2.45, 2.75) is 17.7 Å². The molecule has 31 heavy (non-hydrogen) atoms. The van der Waals surface area contributed by atoms with Gasteiger partial charge in [-0.05, 0) is 37.2 Å². The van der Waals surface area contributed by atoms with Crippen LogP contribution in [-0.2, 0) is 21.2 Å². The summed E-state index contributed by atoms with van der Waals surface area (Å²) in [7, 11) is -0.364. The summed E-state index contributed by atoms with van der Waals surface area (Å²) in [6.45, 7) is 0.573. The summed E-state index contributed by atoms with van der Waals surface area (Å²) >= 11 is 0. The molecule has 8 heteroatoms. The smallest absolute Gasteiger partial charge is 0.246 e.